The van der Waals surface area contributed by atoms with Gasteiger partial charge in [0.15, 0.2) is 0 Å². The van der Waals surface area contributed by atoms with Gasteiger partial charge in [-0.1, -0.05) is 0 Å². The maximum atomic E-state index is 11.4. The quantitative estimate of drug-likeness (QED) is 0.569. The first kappa shape index (κ1) is 12.6. The van der Waals surface area contributed by atoms with Crippen LogP contribution in [0, 0.1) is 0 Å². The van der Waals surface area contributed by atoms with Crippen molar-refractivity contribution in [2.75, 3.05) is 19.7 Å². The van der Waals surface area contributed by atoms with E-state index in [0.717, 1.165) is 38.0 Å². The number of nitrogens with zero attached hydrogens (tertiary/aromatic N) is 1. The fraction of sp³-hybridized carbons (Fsp3) is 0.429. The second kappa shape index (κ2) is 6.19. The van der Waals surface area contributed by atoms with Crippen molar-refractivity contribution in [2.45, 2.75) is 19.3 Å². The first-order chi connectivity index (χ1) is 8.79. The molecule has 0 N–H and O–H groups in total. The predicted molar refractivity (Wildman–Crippen MR) is 67.8 cm³/mol. The van der Waals surface area contributed by atoms with Crippen molar-refractivity contribution in [1.29, 1.82) is 0 Å². The Morgan fingerprint density at radius 2 is 2.06 bits per heavy atom. The van der Waals surface area contributed by atoms with Gasteiger partial charge in [-0.15, -0.1) is 0 Å². The van der Waals surface area contributed by atoms with Gasteiger partial charge in [0.05, 0.1) is 6.61 Å². The summed E-state index contributed by atoms with van der Waals surface area (Å²) in [6.07, 6.45) is 3.31. The average molecular weight is 247 g/mol. The number of aldehydes is 1. The van der Waals surface area contributed by atoms with Crippen LogP contribution in [0.1, 0.15) is 29.6 Å². The fourth-order valence-electron chi connectivity index (χ4n) is 2.03. The van der Waals surface area contributed by atoms with Gasteiger partial charge in [0, 0.05) is 25.1 Å². The van der Waals surface area contributed by atoms with Crippen molar-refractivity contribution < 1.29 is 14.3 Å². The van der Waals surface area contributed by atoms with E-state index in [0.29, 0.717) is 18.6 Å². The number of ether oxygens (including phenoxy) is 1. The normalized spacial score (nSPS) is 14.9. The third kappa shape index (κ3) is 3.32. The minimum atomic E-state index is 0.255. The van der Waals surface area contributed by atoms with Crippen molar-refractivity contribution >= 4 is 12.2 Å². The lowest BCUT2D eigenvalue weighted by molar-refractivity contribution is -0.127. The van der Waals surface area contributed by atoms with E-state index in [1.807, 2.05) is 4.90 Å². The summed E-state index contributed by atoms with van der Waals surface area (Å²) in [6, 6.07) is 7.02. The molecular weight excluding hydrogens is 230 g/mol. The molecule has 2 rings (SSSR count). The van der Waals surface area contributed by atoms with Crippen molar-refractivity contribution in [3.8, 4) is 5.75 Å². The van der Waals surface area contributed by atoms with Gasteiger partial charge in [-0.3, -0.25) is 9.59 Å². The summed E-state index contributed by atoms with van der Waals surface area (Å²) in [4.78, 5) is 23.7. The SMILES string of the molecule is O=Cc1ccc(OCCCN2CCCC2=O)cc1. The summed E-state index contributed by atoms with van der Waals surface area (Å²) in [5.41, 5.74) is 0.644. The van der Waals surface area contributed by atoms with Crippen LogP contribution >= 0.6 is 0 Å². The summed E-state index contributed by atoms with van der Waals surface area (Å²) >= 11 is 0. The third-order valence-corrected chi connectivity index (χ3v) is 3.03. The molecule has 1 amide bonds. The number of hydrogen-bond acceptors (Lipinski definition) is 3. The standard InChI is InChI=1S/C14H17NO3/c16-11-12-4-6-13(7-5-12)18-10-2-9-15-8-1-3-14(15)17/h4-7,11H,1-3,8-10H2. The van der Waals surface area contributed by atoms with E-state index >= 15 is 0 Å². The predicted octanol–water partition coefficient (Wildman–Crippen LogP) is 1.89. The van der Waals surface area contributed by atoms with E-state index in [4.69, 9.17) is 4.74 Å². The lowest BCUT2D eigenvalue weighted by Gasteiger charge is -2.15. The Morgan fingerprint density at radius 1 is 1.28 bits per heavy atom. The Bertz CT molecular complexity index is 414. The van der Waals surface area contributed by atoms with Crippen LogP contribution < -0.4 is 4.74 Å². The van der Waals surface area contributed by atoms with Crippen LogP contribution in [0.3, 0.4) is 0 Å². The number of rotatable bonds is 6. The molecule has 96 valence electrons. The molecule has 18 heavy (non-hydrogen) atoms. The minimum Gasteiger partial charge on any atom is -0.494 e. The number of benzene rings is 1. The molecule has 0 aromatic heterocycles. The van der Waals surface area contributed by atoms with E-state index in [1.54, 1.807) is 24.3 Å². The van der Waals surface area contributed by atoms with Crippen LogP contribution in [0.15, 0.2) is 24.3 Å². The van der Waals surface area contributed by atoms with Gasteiger partial charge in [-0.05, 0) is 37.1 Å². The second-order valence-electron chi connectivity index (χ2n) is 4.37. The number of carbonyl (C=O) groups is 2. The maximum absolute atomic E-state index is 11.4. The first-order valence-electron chi connectivity index (χ1n) is 6.25. The van der Waals surface area contributed by atoms with Gasteiger partial charge in [0.1, 0.15) is 12.0 Å². The molecule has 0 saturated carbocycles. The molecule has 1 fully saturated rings. The highest BCUT2D eigenvalue weighted by molar-refractivity contribution is 5.78. The average Bonchev–Trinajstić information content (AvgIpc) is 2.81. The van der Waals surface area contributed by atoms with Crippen molar-refractivity contribution in [2.24, 2.45) is 0 Å². The maximum Gasteiger partial charge on any atom is 0.222 e. The van der Waals surface area contributed by atoms with E-state index in [-0.39, 0.29) is 5.91 Å². The van der Waals surface area contributed by atoms with E-state index in [2.05, 4.69) is 0 Å². The van der Waals surface area contributed by atoms with Gasteiger partial charge in [0.2, 0.25) is 5.91 Å². The Balaban J connectivity index is 1.68. The highest BCUT2D eigenvalue weighted by Gasteiger charge is 2.18. The monoisotopic (exact) mass is 247 g/mol. The Kier molecular flexibility index (Phi) is 4.34. The van der Waals surface area contributed by atoms with Gasteiger partial charge in [-0.2, -0.15) is 0 Å². The van der Waals surface area contributed by atoms with E-state index in [1.165, 1.54) is 0 Å². The largest absolute Gasteiger partial charge is 0.494 e. The highest BCUT2D eigenvalue weighted by Crippen LogP contribution is 2.12. The molecule has 4 nitrogen and oxygen atoms in total. The van der Waals surface area contributed by atoms with Gasteiger partial charge in [-0.25, -0.2) is 0 Å². The Labute approximate surface area is 107 Å². The van der Waals surface area contributed by atoms with Gasteiger partial charge >= 0.3 is 0 Å². The molecule has 1 saturated heterocycles. The summed E-state index contributed by atoms with van der Waals surface area (Å²) in [6.45, 7) is 2.24. The molecule has 0 bridgehead atoms. The molecule has 1 aliphatic rings. The van der Waals surface area contributed by atoms with Gasteiger partial charge in [0.25, 0.3) is 0 Å². The van der Waals surface area contributed by atoms with Crippen molar-refractivity contribution in [1.82, 2.24) is 4.90 Å². The van der Waals surface area contributed by atoms with Crippen LogP contribution in [-0.2, 0) is 4.79 Å². The Morgan fingerprint density at radius 3 is 2.67 bits per heavy atom. The third-order valence-electron chi connectivity index (χ3n) is 3.03. The zero-order valence-electron chi connectivity index (χ0n) is 10.3. The first-order valence-corrected chi connectivity index (χ1v) is 6.25. The van der Waals surface area contributed by atoms with Crippen molar-refractivity contribution in [3.63, 3.8) is 0 Å². The lowest BCUT2D eigenvalue weighted by Crippen LogP contribution is -2.26. The number of carbonyl (C=O) groups excluding carboxylic acids is 2. The van der Waals surface area contributed by atoms with Crippen LogP contribution in [0.4, 0.5) is 0 Å². The summed E-state index contributed by atoms with van der Waals surface area (Å²) < 4.78 is 5.55. The molecule has 0 aliphatic carbocycles. The second-order valence-corrected chi connectivity index (χ2v) is 4.37. The van der Waals surface area contributed by atoms with Crippen LogP contribution in [0.5, 0.6) is 5.75 Å². The Hall–Kier alpha value is -1.84. The molecule has 0 radical (unpaired) electrons. The molecule has 0 unspecified atom stereocenters. The number of amides is 1. The zero-order valence-corrected chi connectivity index (χ0v) is 10.3. The molecular formula is C14H17NO3. The van der Waals surface area contributed by atoms with E-state index in [9.17, 15) is 9.59 Å². The molecule has 1 aromatic rings. The van der Waals surface area contributed by atoms with Crippen molar-refractivity contribution in [3.05, 3.63) is 29.8 Å². The van der Waals surface area contributed by atoms with Crippen LogP contribution in [-0.4, -0.2) is 36.8 Å². The summed E-state index contributed by atoms with van der Waals surface area (Å²) in [7, 11) is 0. The molecule has 0 atom stereocenters. The molecule has 1 aromatic carbocycles. The topological polar surface area (TPSA) is 46.6 Å². The number of hydrogen-bond donors (Lipinski definition) is 0. The fourth-order valence-corrected chi connectivity index (χ4v) is 2.03. The minimum absolute atomic E-state index is 0.255. The number of likely N-dealkylation sites (tertiary alicyclic amines) is 1. The molecule has 1 heterocycles. The molecule has 0 spiro atoms. The van der Waals surface area contributed by atoms with Crippen LogP contribution in [0.25, 0.3) is 0 Å². The molecule has 1 aliphatic heterocycles. The zero-order chi connectivity index (χ0) is 12.8. The summed E-state index contributed by atoms with van der Waals surface area (Å²) in [5, 5.41) is 0. The van der Waals surface area contributed by atoms with Crippen LogP contribution in [0.2, 0.25) is 0 Å². The highest BCUT2D eigenvalue weighted by atomic mass is 16.5. The molecule has 4 heteroatoms. The van der Waals surface area contributed by atoms with E-state index < -0.39 is 0 Å². The van der Waals surface area contributed by atoms with Gasteiger partial charge < -0.3 is 9.64 Å². The lowest BCUT2D eigenvalue weighted by atomic mass is 10.2. The smallest absolute Gasteiger partial charge is 0.222 e. The summed E-state index contributed by atoms with van der Waals surface area (Å²) in [5.74, 6) is 1.01.